The predicted octanol–water partition coefficient (Wildman–Crippen LogP) is 3.61. The Morgan fingerprint density at radius 3 is 2.67 bits per heavy atom. The van der Waals surface area contributed by atoms with E-state index < -0.39 is 10.9 Å². The Labute approximate surface area is 136 Å². The van der Waals surface area contributed by atoms with Crippen molar-refractivity contribution < 1.29 is 19.0 Å². The number of esters is 1. The first-order valence-corrected chi connectivity index (χ1v) is 7.06. The van der Waals surface area contributed by atoms with E-state index in [2.05, 4.69) is 5.16 Å². The first-order chi connectivity index (χ1) is 11.6. The van der Waals surface area contributed by atoms with Crippen LogP contribution in [0.5, 0.6) is 0 Å². The number of nitrogens with zero attached hydrogens (tertiary/aromatic N) is 2. The highest BCUT2D eigenvalue weighted by atomic mass is 16.6. The minimum absolute atomic E-state index is 0.0855. The third-order valence-corrected chi connectivity index (χ3v) is 3.26. The summed E-state index contributed by atoms with van der Waals surface area (Å²) in [5.41, 5.74) is 1.25. The number of hydrogen-bond donors (Lipinski definition) is 0. The maximum Gasteiger partial charge on any atom is 0.338 e. The van der Waals surface area contributed by atoms with Crippen LogP contribution in [0.1, 0.15) is 16.1 Å². The lowest BCUT2D eigenvalue weighted by atomic mass is 10.2. The van der Waals surface area contributed by atoms with E-state index in [4.69, 9.17) is 9.26 Å². The van der Waals surface area contributed by atoms with Crippen molar-refractivity contribution in [1.29, 1.82) is 0 Å². The summed E-state index contributed by atoms with van der Waals surface area (Å²) in [6, 6.07) is 16.4. The molecular formula is C17H12N2O5. The highest BCUT2D eigenvalue weighted by Crippen LogP contribution is 2.20. The van der Waals surface area contributed by atoms with E-state index in [1.54, 1.807) is 6.07 Å². The molecule has 3 rings (SSSR count). The Morgan fingerprint density at radius 1 is 1.12 bits per heavy atom. The number of benzene rings is 2. The van der Waals surface area contributed by atoms with Gasteiger partial charge in [0.1, 0.15) is 12.3 Å². The molecule has 0 atom stereocenters. The number of nitro groups is 1. The second kappa shape index (κ2) is 6.74. The van der Waals surface area contributed by atoms with Crippen molar-refractivity contribution in [1.82, 2.24) is 5.16 Å². The summed E-state index contributed by atoms with van der Waals surface area (Å²) in [7, 11) is 0. The van der Waals surface area contributed by atoms with Gasteiger partial charge < -0.3 is 9.26 Å². The Hall–Kier alpha value is -3.48. The van der Waals surface area contributed by atoms with Crippen LogP contribution >= 0.6 is 0 Å². The summed E-state index contributed by atoms with van der Waals surface area (Å²) in [4.78, 5) is 22.1. The molecule has 0 aliphatic carbocycles. The van der Waals surface area contributed by atoms with Crippen molar-refractivity contribution in [3.63, 3.8) is 0 Å². The molecule has 0 saturated heterocycles. The van der Waals surface area contributed by atoms with Gasteiger partial charge in [0.05, 0.1) is 10.5 Å². The average Bonchev–Trinajstić information content (AvgIpc) is 3.09. The summed E-state index contributed by atoms with van der Waals surface area (Å²) in [6.45, 7) is -0.0855. The Bertz CT molecular complexity index is 873. The van der Waals surface area contributed by atoms with Crippen LogP contribution in [0.3, 0.4) is 0 Å². The van der Waals surface area contributed by atoms with Crippen molar-refractivity contribution >= 4 is 11.7 Å². The van der Waals surface area contributed by atoms with E-state index in [-0.39, 0.29) is 17.9 Å². The summed E-state index contributed by atoms with van der Waals surface area (Å²) >= 11 is 0. The van der Waals surface area contributed by atoms with E-state index in [0.29, 0.717) is 11.5 Å². The molecule has 0 N–H and O–H groups in total. The molecular weight excluding hydrogens is 312 g/mol. The summed E-state index contributed by atoms with van der Waals surface area (Å²) in [5, 5.41) is 14.6. The van der Waals surface area contributed by atoms with Crippen LogP contribution in [-0.2, 0) is 11.3 Å². The summed E-state index contributed by atoms with van der Waals surface area (Å²) in [5.74, 6) is -0.0973. The number of ether oxygens (including phenoxy) is 1. The molecule has 0 aliphatic rings. The molecule has 1 aromatic heterocycles. The van der Waals surface area contributed by atoms with Gasteiger partial charge >= 0.3 is 5.97 Å². The maximum absolute atomic E-state index is 12.0. The minimum Gasteiger partial charge on any atom is -0.455 e. The molecule has 0 bridgehead atoms. The van der Waals surface area contributed by atoms with Gasteiger partial charge in [-0.1, -0.05) is 41.6 Å². The highest BCUT2D eigenvalue weighted by molar-refractivity contribution is 5.90. The lowest BCUT2D eigenvalue weighted by Crippen LogP contribution is -2.05. The molecule has 7 heteroatoms. The smallest absolute Gasteiger partial charge is 0.338 e. The molecule has 0 radical (unpaired) electrons. The molecule has 0 aliphatic heterocycles. The fourth-order valence-electron chi connectivity index (χ4n) is 2.09. The second-order valence-electron chi connectivity index (χ2n) is 4.93. The van der Waals surface area contributed by atoms with Crippen LogP contribution in [-0.4, -0.2) is 16.0 Å². The van der Waals surface area contributed by atoms with Crippen LogP contribution < -0.4 is 0 Å². The van der Waals surface area contributed by atoms with Crippen LogP contribution in [0.15, 0.2) is 65.2 Å². The molecule has 2 aromatic carbocycles. The normalized spacial score (nSPS) is 10.3. The zero-order chi connectivity index (χ0) is 16.9. The first-order valence-electron chi connectivity index (χ1n) is 7.06. The average molecular weight is 324 g/mol. The highest BCUT2D eigenvalue weighted by Gasteiger charge is 2.14. The van der Waals surface area contributed by atoms with Gasteiger partial charge in [0.2, 0.25) is 0 Å². The van der Waals surface area contributed by atoms with Gasteiger partial charge in [-0.3, -0.25) is 10.1 Å². The van der Waals surface area contributed by atoms with Crippen molar-refractivity contribution in [3.8, 4) is 11.3 Å². The number of aromatic nitrogens is 1. The molecule has 0 fully saturated rings. The van der Waals surface area contributed by atoms with E-state index >= 15 is 0 Å². The van der Waals surface area contributed by atoms with Gasteiger partial charge in [-0.2, -0.15) is 0 Å². The SMILES string of the molecule is O=C(OCc1cc(-c2ccccc2)on1)c1cccc([N+](=O)[O-])c1. The molecule has 0 unspecified atom stereocenters. The Morgan fingerprint density at radius 2 is 1.92 bits per heavy atom. The van der Waals surface area contributed by atoms with Gasteiger partial charge in [0.25, 0.3) is 5.69 Å². The van der Waals surface area contributed by atoms with Crippen molar-refractivity contribution in [3.05, 3.63) is 82.0 Å². The minimum atomic E-state index is -0.664. The molecule has 7 nitrogen and oxygen atoms in total. The van der Waals surface area contributed by atoms with Crippen molar-refractivity contribution in [2.24, 2.45) is 0 Å². The maximum atomic E-state index is 12.0. The van der Waals surface area contributed by atoms with Crippen molar-refractivity contribution in [2.75, 3.05) is 0 Å². The molecule has 0 spiro atoms. The third-order valence-electron chi connectivity index (χ3n) is 3.26. The number of carbonyl (C=O) groups excluding carboxylic acids is 1. The third kappa shape index (κ3) is 3.46. The topological polar surface area (TPSA) is 95.5 Å². The van der Waals surface area contributed by atoms with Crippen LogP contribution in [0.25, 0.3) is 11.3 Å². The van der Waals surface area contributed by atoms with Crippen LogP contribution in [0, 0.1) is 10.1 Å². The molecule has 0 amide bonds. The van der Waals surface area contributed by atoms with Crippen molar-refractivity contribution in [2.45, 2.75) is 6.61 Å². The standard InChI is InChI=1S/C17H12N2O5/c20-17(13-7-4-8-15(9-13)19(21)22)23-11-14-10-16(24-18-14)12-5-2-1-3-6-12/h1-10H,11H2. The Balaban J connectivity index is 1.66. The molecule has 120 valence electrons. The summed E-state index contributed by atoms with van der Waals surface area (Å²) in [6.07, 6.45) is 0. The summed E-state index contributed by atoms with van der Waals surface area (Å²) < 4.78 is 10.3. The predicted molar refractivity (Wildman–Crippen MR) is 84.2 cm³/mol. The van der Waals surface area contributed by atoms with E-state index in [1.165, 1.54) is 24.3 Å². The molecule has 24 heavy (non-hydrogen) atoms. The fourth-order valence-corrected chi connectivity index (χ4v) is 2.09. The number of hydrogen-bond acceptors (Lipinski definition) is 6. The van der Waals surface area contributed by atoms with Gasteiger partial charge in [-0.25, -0.2) is 4.79 Å². The number of nitro benzene ring substituents is 1. The zero-order valence-electron chi connectivity index (χ0n) is 12.4. The van der Waals surface area contributed by atoms with Crippen LogP contribution in [0.2, 0.25) is 0 Å². The lowest BCUT2D eigenvalue weighted by molar-refractivity contribution is -0.384. The van der Waals surface area contributed by atoms with Gasteiger partial charge in [-0.15, -0.1) is 0 Å². The molecule has 0 saturated carbocycles. The largest absolute Gasteiger partial charge is 0.455 e. The fraction of sp³-hybridized carbons (Fsp3) is 0.0588. The Kier molecular flexibility index (Phi) is 4.33. The lowest BCUT2D eigenvalue weighted by Gasteiger charge is -2.02. The quantitative estimate of drug-likeness (QED) is 0.404. The monoisotopic (exact) mass is 324 g/mol. The van der Waals surface area contributed by atoms with Gasteiger partial charge in [0.15, 0.2) is 5.76 Å². The number of non-ortho nitro benzene ring substituents is 1. The number of rotatable bonds is 5. The molecule has 1 heterocycles. The second-order valence-corrected chi connectivity index (χ2v) is 4.93. The van der Waals surface area contributed by atoms with E-state index in [1.807, 2.05) is 30.3 Å². The van der Waals surface area contributed by atoms with E-state index in [0.717, 1.165) is 5.56 Å². The van der Waals surface area contributed by atoms with E-state index in [9.17, 15) is 14.9 Å². The van der Waals surface area contributed by atoms with Crippen LogP contribution in [0.4, 0.5) is 5.69 Å². The van der Waals surface area contributed by atoms with Gasteiger partial charge in [-0.05, 0) is 6.07 Å². The number of carbonyl (C=O) groups is 1. The molecule has 3 aromatic rings. The zero-order valence-corrected chi connectivity index (χ0v) is 12.4. The first kappa shape index (κ1) is 15.4. The van der Waals surface area contributed by atoms with Gasteiger partial charge in [0, 0.05) is 23.8 Å².